The van der Waals surface area contributed by atoms with Crippen LogP contribution in [-0.2, 0) is 4.79 Å². The first-order valence-electron chi connectivity index (χ1n) is 7.25. The molecule has 0 radical (unpaired) electrons. The molecule has 0 spiro atoms. The fourth-order valence-electron chi connectivity index (χ4n) is 2.10. The topological polar surface area (TPSA) is 50.7 Å². The average Bonchev–Trinajstić information content (AvgIpc) is 2.53. The van der Waals surface area contributed by atoms with Crippen LogP contribution in [0.2, 0.25) is 0 Å². The van der Waals surface area contributed by atoms with Crippen molar-refractivity contribution in [3.05, 3.63) is 65.0 Å². The van der Waals surface area contributed by atoms with Gasteiger partial charge >= 0.3 is 0 Å². The van der Waals surface area contributed by atoms with E-state index in [-0.39, 0.29) is 18.3 Å². The van der Waals surface area contributed by atoms with Gasteiger partial charge in [-0.2, -0.15) is 5.10 Å². The first-order valence-corrected chi connectivity index (χ1v) is 7.25. The lowest BCUT2D eigenvalue weighted by Crippen LogP contribution is -2.26. The first kappa shape index (κ1) is 16.7. The van der Waals surface area contributed by atoms with Crippen LogP contribution >= 0.6 is 0 Å². The zero-order valence-corrected chi connectivity index (χ0v) is 13.4. The van der Waals surface area contributed by atoms with E-state index in [1.54, 1.807) is 19.1 Å². The summed E-state index contributed by atoms with van der Waals surface area (Å²) in [5.74, 6) is 0.0450. The zero-order chi connectivity index (χ0) is 16.8. The van der Waals surface area contributed by atoms with Crippen LogP contribution in [-0.4, -0.2) is 18.2 Å². The molecule has 0 heterocycles. The maximum Gasteiger partial charge on any atom is 0.277 e. The van der Waals surface area contributed by atoms with Crippen LogP contribution in [0, 0.1) is 19.7 Å². The predicted molar refractivity (Wildman–Crippen MR) is 88.2 cm³/mol. The molecule has 0 aliphatic heterocycles. The molecule has 2 aromatic rings. The molecule has 0 saturated heterocycles. The predicted octanol–water partition coefficient (Wildman–Crippen LogP) is 3.36. The van der Waals surface area contributed by atoms with Gasteiger partial charge in [0.05, 0.1) is 5.71 Å². The highest BCUT2D eigenvalue weighted by molar-refractivity contribution is 5.99. The Morgan fingerprint density at radius 1 is 1.13 bits per heavy atom. The Balaban J connectivity index is 1.92. The van der Waals surface area contributed by atoms with E-state index in [1.807, 2.05) is 32.0 Å². The Kier molecular flexibility index (Phi) is 5.46. The average molecular weight is 314 g/mol. The van der Waals surface area contributed by atoms with E-state index in [0.29, 0.717) is 11.5 Å². The largest absolute Gasteiger partial charge is 0.483 e. The molecule has 120 valence electrons. The van der Waals surface area contributed by atoms with Gasteiger partial charge in [-0.1, -0.05) is 30.3 Å². The second kappa shape index (κ2) is 7.54. The molecule has 0 aliphatic rings. The number of hydrogen-bond donors (Lipinski definition) is 1. The van der Waals surface area contributed by atoms with E-state index >= 15 is 0 Å². The SMILES string of the molecule is C/C(=N/NC(=O)COc1c(C)cccc1C)c1ccc(F)cc1. The molecule has 0 aliphatic carbocycles. The van der Waals surface area contributed by atoms with E-state index in [2.05, 4.69) is 10.5 Å². The van der Waals surface area contributed by atoms with Crippen LogP contribution in [0.25, 0.3) is 0 Å². The van der Waals surface area contributed by atoms with Gasteiger partial charge in [-0.05, 0) is 49.6 Å². The van der Waals surface area contributed by atoms with Gasteiger partial charge < -0.3 is 4.74 Å². The Morgan fingerprint density at radius 3 is 2.35 bits per heavy atom. The smallest absolute Gasteiger partial charge is 0.277 e. The molecule has 0 fully saturated rings. The maximum atomic E-state index is 12.9. The van der Waals surface area contributed by atoms with E-state index in [0.717, 1.165) is 16.7 Å². The fraction of sp³-hybridized carbons (Fsp3) is 0.222. The summed E-state index contributed by atoms with van der Waals surface area (Å²) in [6.07, 6.45) is 0. The van der Waals surface area contributed by atoms with Crippen molar-refractivity contribution < 1.29 is 13.9 Å². The number of carbonyl (C=O) groups excluding carboxylic acids is 1. The third-order valence-electron chi connectivity index (χ3n) is 3.37. The van der Waals surface area contributed by atoms with Crippen LogP contribution in [0.3, 0.4) is 0 Å². The van der Waals surface area contributed by atoms with E-state index < -0.39 is 0 Å². The maximum absolute atomic E-state index is 12.9. The number of benzene rings is 2. The number of hydrogen-bond acceptors (Lipinski definition) is 3. The van der Waals surface area contributed by atoms with Crippen LogP contribution in [0.1, 0.15) is 23.6 Å². The van der Waals surface area contributed by atoms with Gasteiger partial charge in [0.1, 0.15) is 11.6 Å². The van der Waals surface area contributed by atoms with Gasteiger partial charge in [-0.15, -0.1) is 0 Å². The number of amides is 1. The van der Waals surface area contributed by atoms with Gasteiger partial charge in [0.2, 0.25) is 0 Å². The summed E-state index contributed by atoms with van der Waals surface area (Å²) in [6, 6.07) is 11.7. The molecule has 0 unspecified atom stereocenters. The number of carbonyl (C=O) groups is 1. The van der Waals surface area contributed by atoms with Crippen molar-refractivity contribution in [1.82, 2.24) is 5.43 Å². The normalized spacial score (nSPS) is 11.2. The van der Waals surface area contributed by atoms with Crippen molar-refractivity contribution in [2.45, 2.75) is 20.8 Å². The Labute approximate surface area is 135 Å². The zero-order valence-electron chi connectivity index (χ0n) is 13.4. The molecule has 2 aromatic carbocycles. The Morgan fingerprint density at radius 2 is 1.74 bits per heavy atom. The Hall–Kier alpha value is -2.69. The Bertz CT molecular complexity index is 704. The van der Waals surface area contributed by atoms with Gasteiger partial charge in [-0.25, -0.2) is 9.82 Å². The van der Waals surface area contributed by atoms with Gasteiger partial charge in [0, 0.05) is 0 Å². The number of hydrazone groups is 1. The number of aryl methyl sites for hydroxylation is 2. The molecule has 4 nitrogen and oxygen atoms in total. The highest BCUT2D eigenvalue weighted by Crippen LogP contribution is 2.21. The summed E-state index contributed by atoms with van der Waals surface area (Å²) in [5.41, 5.74) is 5.71. The summed E-state index contributed by atoms with van der Waals surface area (Å²) < 4.78 is 18.4. The van der Waals surface area contributed by atoms with Crippen LogP contribution in [0.4, 0.5) is 4.39 Å². The minimum Gasteiger partial charge on any atom is -0.483 e. The minimum atomic E-state index is -0.353. The summed E-state index contributed by atoms with van der Waals surface area (Å²) >= 11 is 0. The summed E-state index contributed by atoms with van der Waals surface area (Å²) in [4.78, 5) is 11.8. The first-order chi connectivity index (χ1) is 11.0. The summed E-state index contributed by atoms with van der Waals surface area (Å²) in [5, 5.41) is 4.00. The number of nitrogens with one attached hydrogen (secondary N) is 1. The third kappa shape index (κ3) is 4.64. The standard InChI is InChI=1S/C18H19FN2O2/c1-12-5-4-6-13(2)18(12)23-11-17(22)21-20-14(3)15-7-9-16(19)10-8-15/h4-10H,11H2,1-3H3,(H,21,22)/b20-14-. The second-order valence-corrected chi connectivity index (χ2v) is 5.25. The molecule has 1 amide bonds. The molecular formula is C18H19FN2O2. The van der Waals surface area contributed by atoms with Crippen LogP contribution < -0.4 is 10.2 Å². The lowest BCUT2D eigenvalue weighted by Gasteiger charge is -2.11. The minimum absolute atomic E-state index is 0.119. The molecule has 2 rings (SSSR count). The quantitative estimate of drug-likeness (QED) is 0.679. The summed E-state index contributed by atoms with van der Waals surface area (Å²) in [7, 11) is 0. The van der Waals surface area contributed by atoms with Crippen LogP contribution in [0.5, 0.6) is 5.75 Å². The van der Waals surface area contributed by atoms with Crippen molar-refractivity contribution in [2.24, 2.45) is 5.10 Å². The lowest BCUT2D eigenvalue weighted by molar-refractivity contribution is -0.123. The van der Waals surface area contributed by atoms with Gasteiger partial charge in [0.25, 0.3) is 5.91 Å². The van der Waals surface area contributed by atoms with Crippen molar-refractivity contribution in [3.63, 3.8) is 0 Å². The molecule has 0 atom stereocenters. The molecular weight excluding hydrogens is 295 g/mol. The highest BCUT2D eigenvalue weighted by atomic mass is 19.1. The molecule has 0 saturated carbocycles. The van der Waals surface area contributed by atoms with Gasteiger partial charge in [-0.3, -0.25) is 4.79 Å². The fourth-order valence-corrected chi connectivity index (χ4v) is 2.10. The number of halogens is 1. The molecule has 1 N–H and O–H groups in total. The van der Waals surface area contributed by atoms with Crippen molar-refractivity contribution in [2.75, 3.05) is 6.61 Å². The van der Waals surface area contributed by atoms with E-state index in [4.69, 9.17) is 4.74 Å². The molecule has 23 heavy (non-hydrogen) atoms. The number of para-hydroxylation sites is 1. The lowest BCUT2D eigenvalue weighted by atomic mass is 10.1. The summed E-state index contributed by atoms with van der Waals surface area (Å²) in [6.45, 7) is 5.47. The van der Waals surface area contributed by atoms with Crippen LogP contribution in [0.15, 0.2) is 47.6 Å². The van der Waals surface area contributed by atoms with Gasteiger partial charge in [0.15, 0.2) is 6.61 Å². The van der Waals surface area contributed by atoms with Crippen molar-refractivity contribution in [1.29, 1.82) is 0 Å². The molecule has 0 aromatic heterocycles. The third-order valence-corrected chi connectivity index (χ3v) is 3.37. The monoisotopic (exact) mass is 314 g/mol. The molecule has 5 heteroatoms. The van der Waals surface area contributed by atoms with E-state index in [9.17, 15) is 9.18 Å². The number of rotatable bonds is 5. The van der Waals surface area contributed by atoms with Crippen molar-refractivity contribution >= 4 is 11.6 Å². The number of nitrogens with zero attached hydrogens (tertiary/aromatic N) is 1. The highest BCUT2D eigenvalue weighted by Gasteiger charge is 2.07. The van der Waals surface area contributed by atoms with E-state index in [1.165, 1.54) is 12.1 Å². The second-order valence-electron chi connectivity index (χ2n) is 5.25. The van der Waals surface area contributed by atoms with Crippen molar-refractivity contribution in [3.8, 4) is 5.75 Å². The number of ether oxygens (including phenoxy) is 1. The molecule has 0 bridgehead atoms.